The highest BCUT2D eigenvalue weighted by Gasteiger charge is 2.38. The smallest absolute Gasteiger partial charge is 0.307 e. The molecular weight excluding hydrogens is 486 g/mol. The van der Waals surface area contributed by atoms with Gasteiger partial charge in [0.15, 0.2) is 0 Å². The Labute approximate surface area is 206 Å². The Bertz CT molecular complexity index is 839. The minimum atomic E-state index is -3.06. The maximum Gasteiger partial charge on any atom is 0.307 e. The lowest BCUT2D eigenvalue weighted by molar-refractivity contribution is -0.149. The summed E-state index contributed by atoms with van der Waals surface area (Å²) in [6, 6.07) is -4.79. The molecule has 0 radical (unpaired) electrons. The van der Waals surface area contributed by atoms with Crippen molar-refractivity contribution in [3.63, 3.8) is 0 Å². The quantitative estimate of drug-likeness (QED) is 0.183. The normalized spacial score (nSPS) is 20.2. The van der Waals surface area contributed by atoms with E-state index in [0.29, 0.717) is 12.8 Å². The molecule has 1 rings (SSSR count). The van der Waals surface area contributed by atoms with Gasteiger partial charge in [-0.15, -0.1) is 0 Å². The van der Waals surface area contributed by atoms with Crippen molar-refractivity contribution in [3.05, 3.63) is 0 Å². The number of hydrogen-bond donors (Lipinski definition) is 6. The minimum absolute atomic E-state index is 0.0737. The van der Waals surface area contributed by atoms with E-state index in [9.17, 15) is 42.7 Å². The van der Waals surface area contributed by atoms with E-state index in [1.807, 2.05) is 5.32 Å². The van der Waals surface area contributed by atoms with Crippen LogP contribution >= 0.6 is 0 Å². The summed E-state index contributed by atoms with van der Waals surface area (Å²) in [5.41, 5.74) is 5.27. The molecule has 1 aliphatic carbocycles. The summed E-state index contributed by atoms with van der Waals surface area (Å²) in [6.45, 7) is 3.49. The van der Waals surface area contributed by atoms with Crippen LogP contribution in [0.25, 0.3) is 0 Å². The van der Waals surface area contributed by atoms with E-state index in [1.54, 1.807) is 13.8 Å². The predicted molar refractivity (Wildman–Crippen MR) is 120 cm³/mol. The topological polar surface area (TPSA) is 205 Å². The Balaban J connectivity index is 3.04. The van der Waals surface area contributed by atoms with E-state index in [2.05, 4.69) is 10.6 Å². The molecule has 0 unspecified atom stereocenters. The van der Waals surface area contributed by atoms with Crippen molar-refractivity contribution < 1.29 is 47.8 Å². The van der Waals surface area contributed by atoms with Gasteiger partial charge < -0.3 is 31.9 Å². The number of rotatable bonds is 14. The highest BCUT2D eigenvalue weighted by molar-refractivity contribution is 5.96. The molecule has 14 heteroatoms. The number of amides is 4. The molecule has 204 valence electrons. The van der Waals surface area contributed by atoms with Gasteiger partial charge in [-0.1, -0.05) is 26.7 Å². The first-order valence-corrected chi connectivity index (χ1v) is 11.7. The van der Waals surface area contributed by atoms with Gasteiger partial charge in [0, 0.05) is 6.42 Å². The lowest BCUT2D eigenvalue weighted by atomic mass is 9.78. The average Bonchev–Trinajstić information content (AvgIpc) is 2.76. The third kappa shape index (κ3) is 10.1. The molecule has 4 amide bonds. The standard InChI is InChI=1S/C22H34F2N4O8/c1-10(2)7-13(18(25)31)26-21(34)15(9-17(29)30)28-20(33)14(8-16(23)24)27-19(32)11-5-3-4-6-12(11)22(35)36/h10-16H,3-9H2,1-2H3,(H2,25,31)(H,26,34)(H,27,32)(H,28,33)(H,29,30)(H,35,36)/t11-,12-,13+,14+,15+/m1/s1. The summed E-state index contributed by atoms with van der Waals surface area (Å²) in [5.74, 6) is -8.98. The molecule has 0 aromatic carbocycles. The lowest BCUT2D eigenvalue weighted by Crippen LogP contribution is -2.58. The van der Waals surface area contributed by atoms with Crippen LogP contribution in [0.2, 0.25) is 0 Å². The Morgan fingerprint density at radius 3 is 1.83 bits per heavy atom. The van der Waals surface area contributed by atoms with E-state index >= 15 is 0 Å². The molecule has 12 nitrogen and oxygen atoms in total. The number of hydrogen-bond acceptors (Lipinski definition) is 6. The SMILES string of the molecule is CC(C)C[C@H](NC(=O)[C@H](CC(=O)O)NC(=O)[C@H](CC(F)F)NC(=O)[C@@H]1CCCC[C@H]1C(=O)O)C(N)=O. The Hall–Kier alpha value is -3.32. The zero-order valence-corrected chi connectivity index (χ0v) is 20.2. The number of carboxylic acids is 2. The molecule has 1 aliphatic rings. The second-order valence-electron chi connectivity index (χ2n) is 9.28. The van der Waals surface area contributed by atoms with Crippen LogP contribution in [0.5, 0.6) is 0 Å². The van der Waals surface area contributed by atoms with Crippen LogP contribution in [0.1, 0.15) is 58.8 Å². The van der Waals surface area contributed by atoms with Crippen molar-refractivity contribution in [2.45, 2.75) is 83.3 Å². The van der Waals surface area contributed by atoms with Crippen LogP contribution < -0.4 is 21.7 Å². The summed E-state index contributed by atoms with van der Waals surface area (Å²) in [7, 11) is 0. The van der Waals surface area contributed by atoms with Gasteiger partial charge in [-0.05, 0) is 25.2 Å². The monoisotopic (exact) mass is 520 g/mol. The Kier molecular flexibility index (Phi) is 12.2. The number of alkyl halides is 2. The second kappa shape index (κ2) is 14.3. The largest absolute Gasteiger partial charge is 0.481 e. The Morgan fingerprint density at radius 2 is 1.36 bits per heavy atom. The van der Waals surface area contributed by atoms with Crippen molar-refractivity contribution in [1.29, 1.82) is 0 Å². The molecular formula is C22H34F2N4O8. The van der Waals surface area contributed by atoms with E-state index < -0.39 is 84.8 Å². The van der Waals surface area contributed by atoms with Gasteiger partial charge in [0.1, 0.15) is 18.1 Å². The van der Waals surface area contributed by atoms with E-state index in [-0.39, 0.29) is 25.2 Å². The summed E-state index contributed by atoms with van der Waals surface area (Å²) >= 11 is 0. The van der Waals surface area contributed by atoms with Crippen LogP contribution in [0, 0.1) is 17.8 Å². The number of carbonyl (C=O) groups excluding carboxylic acids is 4. The van der Waals surface area contributed by atoms with Crippen molar-refractivity contribution in [2.24, 2.45) is 23.5 Å². The van der Waals surface area contributed by atoms with E-state index in [1.165, 1.54) is 0 Å². The van der Waals surface area contributed by atoms with Gasteiger partial charge >= 0.3 is 11.9 Å². The third-order valence-corrected chi connectivity index (χ3v) is 5.85. The molecule has 0 bridgehead atoms. The van der Waals surface area contributed by atoms with Crippen molar-refractivity contribution in [1.82, 2.24) is 16.0 Å². The average molecular weight is 521 g/mol. The highest BCUT2D eigenvalue weighted by Crippen LogP contribution is 2.30. The molecule has 36 heavy (non-hydrogen) atoms. The lowest BCUT2D eigenvalue weighted by Gasteiger charge is -2.29. The highest BCUT2D eigenvalue weighted by atomic mass is 19.3. The van der Waals surface area contributed by atoms with Gasteiger partial charge in [0.2, 0.25) is 30.1 Å². The number of carboxylic acid groups (broad SMARTS) is 2. The molecule has 0 aromatic rings. The molecule has 7 N–H and O–H groups in total. The first kappa shape index (κ1) is 30.7. The minimum Gasteiger partial charge on any atom is -0.481 e. The molecule has 1 fully saturated rings. The molecule has 0 aliphatic heterocycles. The van der Waals surface area contributed by atoms with E-state index in [4.69, 9.17) is 10.8 Å². The van der Waals surface area contributed by atoms with Gasteiger partial charge in [0.05, 0.1) is 18.3 Å². The number of primary amides is 1. The summed E-state index contributed by atoms with van der Waals surface area (Å²) < 4.78 is 26.4. The van der Waals surface area contributed by atoms with Gasteiger partial charge in [-0.25, -0.2) is 8.78 Å². The number of nitrogens with one attached hydrogen (secondary N) is 3. The van der Waals surface area contributed by atoms with Crippen LogP contribution in [0.15, 0.2) is 0 Å². The van der Waals surface area contributed by atoms with Crippen LogP contribution in [0.4, 0.5) is 8.78 Å². The zero-order chi connectivity index (χ0) is 27.6. The summed E-state index contributed by atoms with van der Waals surface area (Å²) in [4.78, 5) is 72.5. The molecule has 0 heterocycles. The number of halogens is 2. The van der Waals surface area contributed by atoms with Crippen LogP contribution in [-0.2, 0) is 28.8 Å². The second-order valence-corrected chi connectivity index (χ2v) is 9.28. The fourth-order valence-electron chi connectivity index (χ4n) is 4.07. The van der Waals surface area contributed by atoms with Crippen molar-refractivity contribution in [3.8, 4) is 0 Å². The molecule has 0 saturated heterocycles. The maximum atomic E-state index is 13.2. The first-order valence-electron chi connectivity index (χ1n) is 11.7. The van der Waals surface area contributed by atoms with Gasteiger partial charge in [-0.2, -0.15) is 0 Å². The van der Waals surface area contributed by atoms with Crippen molar-refractivity contribution in [2.75, 3.05) is 0 Å². The summed E-state index contributed by atoms with van der Waals surface area (Å²) in [6.07, 6.45) is -3.48. The summed E-state index contributed by atoms with van der Waals surface area (Å²) in [5, 5.41) is 25.0. The zero-order valence-electron chi connectivity index (χ0n) is 20.2. The van der Waals surface area contributed by atoms with Gasteiger partial charge in [-0.3, -0.25) is 28.8 Å². The van der Waals surface area contributed by atoms with Crippen LogP contribution in [0.3, 0.4) is 0 Å². The molecule has 0 spiro atoms. The number of nitrogens with two attached hydrogens (primary N) is 1. The number of aliphatic carboxylic acids is 2. The van der Waals surface area contributed by atoms with Crippen LogP contribution in [-0.4, -0.2) is 70.3 Å². The Morgan fingerprint density at radius 1 is 0.833 bits per heavy atom. The molecule has 1 saturated carbocycles. The fourth-order valence-corrected chi connectivity index (χ4v) is 4.07. The van der Waals surface area contributed by atoms with Gasteiger partial charge in [0.25, 0.3) is 0 Å². The number of carbonyl (C=O) groups is 6. The fraction of sp³-hybridized carbons (Fsp3) is 0.727. The van der Waals surface area contributed by atoms with E-state index in [0.717, 1.165) is 0 Å². The van der Waals surface area contributed by atoms with Crippen molar-refractivity contribution >= 4 is 35.6 Å². The third-order valence-electron chi connectivity index (χ3n) is 5.85. The maximum absolute atomic E-state index is 13.2. The molecule has 0 aromatic heterocycles. The first-order chi connectivity index (χ1) is 16.7. The molecule has 5 atom stereocenters. The predicted octanol–water partition coefficient (Wildman–Crippen LogP) is -0.00690.